The number of aromatic nitrogens is 1. The molecule has 1 amide bonds. The lowest BCUT2D eigenvalue weighted by molar-refractivity contribution is -0.116. The van der Waals surface area contributed by atoms with Crippen LogP contribution in [0, 0.1) is 0 Å². The second-order valence-electron chi connectivity index (χ2n) is 7.87. The predicted molar refractivity (Wildman–Crippen MR) is 118 cm³/mol. The Morgan fingerprint density at radius 2 is 2.07 bits per heavy atom. The SMILES string of the molecule is CN=C(NCc1ccnc(OC2CCCC2)c1)NCC1CC(=O)Nc2ccccc21. The highest BCUT2D eigenvalue weighted by atomic mass is 16.5. The summed E-state index contributed by atoms with van der Waals surface area (Å²) in [5.74, 6) is 1.55. The number of guanidine groups is 1. The zero-order chi connectivity index (χ0) is 20.8. The van der Waals surface area contributed by atoms with Crippen molar-refractivity contribution in [3.8, 4) is 5.88 Å². The van der Waals surface area contributed by atoms with E-state index in [1.165, 1.54) is 12.8 Å². The number of aliphatic imine (C=N–C) groups is 1. The number of carbonyl (C=O) groups excluding carboxylic acids is 1. The summed E-state index contributed by atoms with van der Waals surface area (Å²) in [6.07, 6.45) is 7.25. The van der Waals surface area contributed by atoms with E-state index in [2.05, 4.69) is 32.0 Å². The molecule has 1 unspecified atom stereocenters. The Morgan fingerprint density at radius 1 is 1.23 bits per heavy atom. The van der Waals surface area contributed by atoms with Gasteiger partial charge in [-0.2, -0.15) is 0 Å². The van der Waals surface area contributed by atoms with E-state index >= 15 is 0 Å². The number of benzene rings is 1. The molecule has 0 radical (unpaired) electrons. The van der Waals surface area contributed by atoms with Crippen LogP contribution in [0.4, 0.5) is 5.69 Å². The maximum atomic E-state index is 12.0. The lowest BCUT2D eigenvalue weighted by Gasteiger charge is -2.26. The first kappa shape index (κ1) is 20.2. The normalized spacial score (nSPS) is 19.2. The number of para-hydroxylation sites is 1. The van der Waals surface area contributed by atoms with Gasteiger partial charge in [-0.05, 0) is 48.9 Å². The van der Waals surface area contributed by atoms with E-state index in [1.807, 2.05) is 30.3 Å². The van der Waals surface area contributed by atoms with Crippen LogP contribution in [0.1, 0.15) is 49.1 Å². The molecule has 2 aromatic rings. The standard InChI is InChI=1S/C23H29N5O2/c1-24-23(27-15-17-13-21(29)28-20-9-5-4-8-19(17)20)26-14-16-10-11-25-22(12-16)30-18-6-2-3-7-18/h4-5,8-12,17-18H,2-3,6-7,13-15H2,1H3,(H,28,29)(H2,24,26,27). The maximum Gasteiger partial charge on any atom is 0.225 e. The Balaban J connectivity index is 1.31. The van der Waals surface area contributed by atoms with Crippen LogP contribution in [0.3, 0.4) is 0 Å². The highest BCUT2D eigenvalue weighted by Crippen LogP contribution is 2.31. The van der Waals surface area contributed by atoms with Crippen LogP contribution >= 0.6 is 0 Å². The van der Waals surface area contributed by atoms with Gasteiger partial charge < -0.3 is 20.7 Å². The van der Waals surface area contributed by atoms with Crippen molar-refractivity contribution in [2.45, 2.75) is 50.7 Å². The number of amides is 1. The number of nitrogens with zero attached hydrogens (tertiary/aromatic N) is 2. The zero-order valence-corrected chi connectivity index (χ0v) is 17.4. The largest absolute Gasteiger partial charge is 0.474 e. The number of nitrogens with one attached hydrogen (secondary N) is 3. The van der Waals surface area contributed by atoms with Gasteiger partial charge in [0.2, 0.25) is 11.8 Å². The molecule has 1 aromatic heterocycles. The summed E-state index contributed by atoms with van der Waals surface area (Å²) in [7, 11) is 1.75. The van der Waals surface area contributed by atoms with Crippen molar-refractivity contribution < 1.29 is 9.53 Å². The van der Waals surface area contributed by atoms with E-state index in [-0.39, 0.29) is 11.8 Å². The van der Waals surface area contributed by atoms with Gasteiger partial charge in [0.15, 0.2) is 5.96 Å². The van der Waals surface area contributed by atoms with Gasteiger partial charge in [-0.15, -0.1) is 0 Å². The number of anilines is 1. The molecule has 0 bridgehead atoms. The van der Waals surface area contributed by atoms with Crippen molar-refractivity contribution in [1.29, 1.82) is 0 Å². The molecule has 2 heterocycles. The van der Waals surface area contributed by atoms with E-state index < -0.39 is 0 Å². The molecule has 158 valence electrons. The Hall–Kier alpha value is -3.09. The fraction of sp³-hybridized carbons (Fsp3) is 0.435. The lowest BCUT2D eigenvalue weighted by Crippen LogP contribution is -2.40. The van der Waals surface area contributed by atoms with Crippen LogP contribution in [0.15, 0.2) is 47.6 Å². The monoisotopic (exact) mass is 407 g/mol. The third-order valence-electron chi connectivity index (χ3n) is 5.69. The lowest BCUT2D eigenvalue weighted by atomic mass is 9.90. The van der Waals surface area contributed by atoms with Gasteiger partial charge in [0.1, 0.15) is 6.10 Å². The van der Waals surface area contributed by atoms with Crippen LogP contribution in [0.5, 0.6) is 5.88 Å². The molecule has 1 aromatic carbocycles. The molecule has 7 heteroatoms. The Bertz CT molecular complexity index is 908. The minimum absolute atomic E-state index is 0.0509. The number of hydrogen-bond donors (Lipinski definition) is 3. The second kappa shape index (κ2) is 9.61. The van der Waals surface area contributed by atoms with Crippen LogP contribution in [0.2, 0.25) is 0 Å². The molecule has 1 atom stereocenters. The number of rotatable bonds is 6. The molecule has 1 aliphatic heterocycles. The van der Waals surface area contributed by atoms with Gasteiger partial charge in [-0.25, -0.2) is 4.98 Å². The average molecular weight is 408 g/mol. The molecule has 1 fully saturated rings. The second-order valence-corrected chi connectivity index (χ2v) is 7.87. The summed E-state index contributed by atoms with van der Waals surface area (Å²) in [4.78, 5) is 20.7. The van der Waals surface area contributed by atoms with Crippen molar-refractivity contribution >= 4 is 17.6 Å². The topological polar surface area (TPSA) is 87.6 Å². The molecule has 0 spiro atoms. The molecule has 3 N–H and O–H groups in total. The van der Waals surface area contributed by atoms with Crippen molar-refractivity contribution in [2.24, 2.45) is 4.99 Å². The van der Waals surface area contributed by atoms with Gasteiger partial charge in [0.05, 0.1) is 0 Å². The smallest absolute Gasteiger partial charge is 0.225 e. The predicted octanol–water partition coefficient (Wildman–Crippen LogP) is 3.19. The quantitative estimate of drug-likeness (QED) is 0.506. The van der Waals surface area contributed by atoms with Gasteiger partial charge in [0.25, 0.3) is 0 Å². The summed E-state index contributed by atoms with van der Waals surface area (Å²) in [5, 5.41) is 9.63. The minimum atomic E-state index is 0.0509. The van der Waals surface area contributed by atoms with E-state index in [9.17, 15) is 4.79 Å². The number of ether oxygens (including phenoxy) is 1. The molecule has 0 saturated heterocycles. The molecule has 1 saturated carbocycles. The highest BCUT2D eigenvalue weighted by molar-refractivity contribution is 5.94. The summed E-state index contributed by atoms with van der Waals surface area (Å²) in [6, 6.07) is 11.9. The Kier molecular flexibility index (Phi) is 6.47. The fourth-order valence-electron chi connectivity index (χ4n) is 4.11. The maximum absolute atomic E-state index is 12.0. The van der Waals surface area contributed by atoms with E-state index in [0.717, 1.165) is 29.7 Å². The average Bonchev–Trinajstić information content (AvgIpc) is 3.27. The zero-order valence-electron chi connectivity index (χ0n) is 17.4. The van der Waals surface area contributed by atoms with E-state index in [0.29, 0.717) is 37.5 Å². The first-order valence-electron chi connectivity index (χ1n) is 10.7. The molecular formula is C23H29N5O2. The van der Waals surface area contributed by atoms with Gasteiger partial charge in [-0.1, -0.05) is 18.2 Å². The highest BCUT2D eigenvalue weighted by Gasteiger charge is 2.24. The fourth-order valence-corrected chi connectivity index (χ4v) is 4.11. The van der Waals surface area contributed by atoms with Crippen LogP contribution in [0.25, 0.3) is 0 Å². The summed E-state index contributed by atoms with van der Waals surface area (Å²) in [6.45, 7) is 1.25. The first-order valence-corrected chi connectivity index (χ1v) is 10.7. The van der Waals surface area contributed by atoms with Crippen LogP contribution < -0.4 is 20.7 Å². The minimum Gasteiger partial charge on any atom is -0.474 e. The van der Waals surface area contributed by atoms with Crippen LogP contribution in [-0.4, -0.2) is 36.5 Å². The van der Waals surface area contributed by atoms with Crippen LogP contribution in [-0.2, 0) is 11.3 Å². The van der Waals surface area contributed by atoms with Crippen molar-refractivity contribution in [1.82, 2.24) is 15.6 Å². The molecule has 7 nitrogen and oxygen atoms in total. The van der Waals surface area contributed by atoms with E-state index in [1.54, 1.807) is 13.2 Å². The number of pyridine rings is 1. The Labute approximate surface area is 177 Å². The van der Waals surface area contributed by atoms with E-state index in [4.69, 9.17) is 4.74 Å². The summed E-state index contributed by atoms with van der Waals surface area (Å²) in [5.41, 5.74) is 3.14. The molecule has 4 rings (SSSR count). The third-order valence-corrected chi connectivity index (χ3v) is 5.69. The van der Waals surface area contributed by atoms with Gasteiger partial charge in [0, 0.05) is 50.4 Å². The molecule has 2 aliphatic rings. The van der Waals surface area contributed by atoms with Gasteiger partial charge in [-0.3, -0.25) is 9.79 Å². The summed E-state index contributed by atoms with van der Waals surface area (Å²) >= 11 is 0. The molecule has 30 heavy (non-hydrogen) atoms. The van der Waals surface area contributed by atoms with Crippen molar-refractivity contribution in [3.05, 3.63) is 53.7 Å². The summed E-state index contributed by atoms with van der Waals surface area (Å²) < 4.78 is 6.00. The number of fused-ring (bicyclic) bond motifs is 1. The van der Waals surface area contributed by atoms with Gasteiger partial charge >= 0.3 is 0 Å². The van der Waals surface area contributed by atoms with Crippen molar-refractivity contribution in [2.75, 3.05) is 18.9 Å². The number of carbonyl (C=O) groups is 1. The Morgan fingerprint density at radius 3 is 2.90 bits per heavy atom. The van der Waals surface area contributed by atoms with Crippen molar-refractivity contribution in [3.63, 3.8) is 0 Å². The first-order chi connectivity index (χ1) is 14.7. The third kappa shape index (κ3) is 5.09. The molecular weight excluding hydrogens is 378 g/mol. The number of hydrogen-bond acceptors (Lipinski definition) is 4. The molecule has 1 aliphatic carbocycles.